The molecule has 1 aliphatic rings. The van der Waals surface area contributed by atoms with Gasteiger partial charge in [0, 0.05) is 25.5 Å². The zero-order valence-electron chi connectivity index (χ0n) is 8.03. The first-order chi connectivity index (χ1) is 6.95. The van der Waals surface area contributed by atoms with Crippen LogP contribution in [0.15, 0.2) is 29.5 Å². The van der Waals surface area contributed by atoms with Crippen LogP contribution in [0.5, 0.6) is 0 Å². The second-order valence-corrected chi connectivity index (χ2v) is 3.20. The van der Waals surface area contributed by atoms with Gasteiger partial charge in [0.15, 0.2) is 5.96 Å². The predicted molar refractivity (Wildman–Crippen MR) is 56.2 cm³/mol. The molecule has 1 aromatic rings. The summed E-state index contributed by atoms with van der Waals surface area (Å²) in [5.74, 6) is 0.925. The highest BCUT2D eigenvalue weighted by Crippen LogP contribution is 1.95. The van der Waals surface area contributed by atoms with Crippen molar-refractivity contribution >= 4 is 5.96 Å². The fourth-order valence-electron chi connectivity index (χ4n) is 1.39. The molecule has 4 nitrogen and oxygen atoms in total. The minimum Gasteiger partial charge on any atom is -0.356 e. The summed E-state index contributed by atoms with van der Waals surface area (Å²) in [5.41, 5.74) is 1.25. The lowest BCUT2D eigenvalue weighted by Crippen LogP contribution is -2.34. The van der Waals surface area contributed by atoms with Crippen molar-refractivity contribution in [1.82, 2.24) is 15.6 Å². The zero-order valence-corrected chi connectivity index (χ0v) is 8.03. The van der Waals surface area contributed by atoms with Gasteiger partial charge in [0.1, 0.15) is 0 Å². The maximum atomic E-state index is 4.25. The van der Waals surface area contributed by atoms with Gasteiger partial charge in [0.25, 0.3) is 0 Å². The summed E-state index contributed by atoms with van der Waals surface area (Å²) >= 11 is 0. The summed E-state index contributed by atoms with van der Waals surface area (Å²) in [7, 11) is 0. The van der Waals surface area contributed by atoms with Crippen LogP contribution in [0.1, 0.15) is 5.56 Å². The first-order valence-corrected chi connectivity index (χ1v) is 4.86. The van der Waals surface area contributed by atoms with Crippen molar-refractivity contribution in [1.29, 1.82) is 0 Å². The average Bonchev–Trinajstić information content (AvgIpc) is 2.72. The minimum absolute atomic E-state index is 0.884. The lowest BCUT2D eigenvalue weighted by molar-refractivity contribution is 0.834. The molecule has 0 unspecified atom stereocenters. The molecule has 1 aliphatic heterocycles. The van der Waals surface area contributed by atoms with Gasteiger partial charge in [-0.1, -0.05) is 6.07 Å². The van der Waals surface area contributed by atoms with Crippen LogP contribution in [-0.2, 0) is 6.42 Å². The largest absolute Gasteiger partial charge is 0.356 e. The maximum Gasteiger partial charge on any atom is 0.191 e. The number of aromatic nitrogens is 1. The number of nitrogens with one attached hydrogen (secondary N) is 2. The van der Waals surface area contributed by atoms with Gasteiger partial charge in [0.05, 0.1) is 6.54 Å². The van der Waals surface area contributed by atoms with Crippen molar-refractivity contribution in [2.24, 2.45) is 4.99 Å². The molecule has 74 valence electrons. The normalized spacial score (nSPS) is 14.7. The Hall–Kier alpha value is -1.58. The Morgan fingerprint density at radius 3 is 3.21 bits per heavy atom. The van der Waals surface area contributed by atoms with E-state index in [-0.39, 0.29) is 0 Å². The van der Waals surface area contributed by atoms with Gasteiger partial charge in [-0.2, -0.15) is 0 Å². The smallest absolute Gasteiger partial charge is 0.191 e. The average molecular weight is 190 g/mol. The number of aliphatic imine (C=N–C) groups is 1. The van der Waals surface area contributed by atoms with E-state index in [0.29, 0.717) is 0 Å². The Morgan fingerprint density at radius 1 is 1.50 bits per heavy atom. The van der Waals surface area contributed by atoms with Crippen molar-refractivity contribution in [3.05, 3.63) is 30.1 Å². The molecule has 0 aromatic carbocycles. The second-order valence-electron chi connectivity index (χ2n) is 3.20. The Kier molecular flexibility index (Phi) is 2.95. The van der Waals surface area contributed by atoms with Gasteiger partial charge >= 0.3 is 0 Å². The molecule has 2 heterocycles. The molecule has 2 rings (SSSR count). The Balaban J connectivity index is 1.73. The molecule has 0 atom stereocenters. The first-order valence-electron chi connectivity index (χ1n) is 4.86. The summed E-state index contributed by atoms with van der Waals surface area (Å²) in [6.07, 6.45) is 4.67. The van der Waals surface area contributed by atoms with Crippen molar-refractivity contribution in [2.45, 2.75) is 6.42 Å². The maximum absolute atomic E-state index is 4.25. The van der Waals surface area contributed by atoms with Crippen molar-refractivity contribution in [3.63, 3.8) is 0 Å². The third kappa shape index (κ3) is 2.45. The Bertz CT molecular complexity index is 307. The van der Waals surface area contributed by atoms with Gasteiger partial charge in [-0.25, -0.2) is 0 Å². The highest BCUT2D eigenvalue weighted by atomic mass is 15.2. The Morgan fingerprint density at radius 2 is 2.50 bits per heavy atom. The van der Waals surface area contributed by atoms with E-state index in [9.17, 15) is 0 Å². The SMILES string of the molecule is c1cncc(CCNC2=NCCN2)c1. The lowest BCUT2D eigenvalue weighted by Gasteiger charge is -2.05. The van der Waals surface area contributed by atoms with Crippen molar-refractivity contribution < 1.29 is 0 Å². The summed E-state index contributed by atoms with van der Waals surface area (Å²) < 4.78 is 0. The molecule has 0 radical (unpaired) electrons. The fraction of sp³-hybridized carbons (Fsp3) is 0.400. The minimum atomic E-state index is 0.884. The van der Waals surface area contributed by atoms with Gasteiger partial charge in [-0.3, -0.25) is 9.98 Å². The molecule has 2 N–H and O–H groups in total. The highest BCUT2D eigenvalue weighted by Gasteiger charge is 2.02. The van der Waals surface area contributed by atoms with Gasteiger partial charge < -0.3 is 10.6 Å². The van der Waals surface area contributed by atoms with Crippen LogP contribution < -0.4 is 10.6 Å². The number of rotatable bonds is 3. The van der Waals surface area contributed by atoms with Gasteiger partial charge in [-0.05, 0) is 18.1 Å². The van der Waals surface area contributed by atoms with Crippen LogP contribution in [0, 0.1) is 0 Å². The third-order valence-corrected chi connectivity index (χ3v) is 2.10. The lowest BCUT2D eigenvalue weighted by atomic mass is 10.2. The molecule has 0 saturated heterocycles. The summed E-state index contributed by atoms with van der Waals surface area (Å²) in [6.45, 7) is 2.74. The molecular weight excluding hydrogens is 176 g/mol. The molecule has 0 bridgehead atoms. The molecule has 0 saturated carbocycles. The summed E-state index contributed by atoms with van der Waals surface area (Å²) in [6, 6.07) is 4.04. The topological polar surface area (TPSA) is 49.3 Å². The molecule has 0 aliphatic carbocycles. The predicted octanol–water partition coefficient (Wildman–Crippen LogP) is 0.173. The van der Waals surface area contributed by atoms with E-state index in [2.05, 4.69) is 26.7 Å². The van der Waals surface area contributed by atoms with E-state index in [4.69, 9.17) is 0 Å². The zero-order chi connectivity index (χ0) is 9.64. The number of guanidine groups is 1. The van der Waals surface area contributed by atoms with Crippen LogP contribution in [0.3, 0.4) is 0 Å². The van der Waals surface area contributed by atoms with Crippen LogP contribution >= 0.6 is 0 Å². The molecule has 14 heavy (non-hydrogen) atoms. The number of pyridine rings is 1. The Labute approximate surface area is 83.5 Å². The van der Waals surface area contributed by atoms with Crippen molar-refractivity contribution in [2.75, 3.05) is 19.6 Å². The summed E-state index contributed by atoms with van der Waals surface area (Å²) in [4.78, 5) is 8.31. The highest BCUT2D eigenvalue weighted by molar-refractivity contribution is 5.81. The van der Waals surface area contributed by atoms with Gasteiger partial charge in [-0.15, -0.1) is 0 Å². The van der Waals surface area contributed by atoms with E-state index in [1.165, 1.54) is 5.56 Å². The van der Waals surface area contributed by atoms with E-state index >= 15 is 0 Å². The molecule has 0 spiro atoms. The first kappa shape index (κ1) is 8.99. The standard InChI is InChI=1S/C10H14N4/c1-2-9(8-11-4-1)3-5-12-10-13-6-7-14-10/h1-2,4,8H,3,5-7H2,(H2,12,13,14). The number of nitrogens with zero attached hydrogens (tertiary/aromatic N) is 2. The molecule has 0 fully saturated rings. The fourth-order valence-corrected chi connectivity index (χ4v) is 1.39. The van der Waals surface area contributed by atoms with Crippen molar-refractivity contribution in [3.8, 4) is 0 Å². The molecule has 4 heteroatoms. The van der Waals surface area contributed by atoms with Gasteiger partial charge in [0.2, 0.25) is 0 Å². The van der Waals surface area contributed by atoms with Crippen LogP contribution in [0.25, 0.3) is 0 Å². The molecule has 1 aromatic heterocycles. The van der Waals surface area contributed by atoms with Crippen LogP contribution in [0.2, 0.25) is 0 Å². The summed E-state index contributed by atoms with van der Waals surface area (Å²) in [5, 5.41) is 6.41. The number of hydrogen-bond donors (Lipinski definition) is 2. The van der Waals surface area contributed by atoms with Crippen LogP contribution in [-0.4, -0.2) is 30.6 Å². The van der Waals surface area contributed by atoms with E-state index < -0.39 is 0 Å². The second kappa shape index (κ2) is 4.60. The third-order valence-electron chi connectivity index (χ3n) is 2.10. The van der Waals surface area contributed by atoms with E-state index in [1.54, 1.807) is 6.20 Å². The molecule has 0 amide bonds. The number of hydrogen-bond acceptors (Lipinski definition) is 4. The quantitative estimate of drug-likeness (QED) is 0.714. The van der Waals surface area contributed by atoms with E-state index in [0.717, 1.165) is 32.0 Å². The monoisotopic (exact) mass is 190 g/mol. The van der Waals surface area contributed by atoms with E-state index in [1.807, 2.05) is 12.3 Å². The molecular formula is C10H14N4. The van der Waals surface area contributed by atoms with Crippen LogP contribution in [0.4, 0.5) is 0 Å².